The molecular formula is C13H11N3O4. The molecule has 2 aromatic rings. The van der Waals surface area contributed by atoms with Gasteiger partial charge in [-0.25, -0.2) is 0 Å². The van der Waals surface area contributed by atoms with E-state index in [0.717, 1.165) is 0 Å². The van der Waals surface area contributed by atoms with E-state index in [1.807, 2.05) is 0 Å². The fourth-order valence-electron chi connectivity index (χ4n) is 2.00. The molecule has 0 bridgehead atoms. The third-order valence-corrected chi connectivity index (χ3v) is 2.90. The SMILES string of the molecule is Nc1cccc(Nc2ccc3c(c2)OCO3)c1[N+](=O)[O-]. The highest BCUT2D eigenvalue weighted by Gasteiger charge is 2.19. The molecule has 3 rings (SSSR count). The summed E-state index contributed by atoms with van der Waals surface area (Å²) >= 11 is 0. The molecule has 7 nitrogen and oxygen atoms in total. The number of nitro benzene ring substituents is 1. The Bertz CT molecular complexity index is 687. The van der Waals surface area contributed by atoms with Crippen LogP contribution in [0.2, 0.25) is 0 Å². The lowest BCUT2D eigenvalue weighted by atomic mass is 10.2. The Balaban J connectivity index is 1.95. The largest absolute Gasteiger partial charge is 0.454 e. The highest BCUT2D eigenvalue weighted by Crippen LogP contribution is 2.37. The highest BCUT2D eigenvalue weighted by molar-refractivity contribution is 5.78. The molecule has 0 aromatic heterocycles. The van der Waals surface area contributed by atoms with Gasteiger partial charge >= 0.3 is 5.69 Å². The zero-order chi connectivity index (χ0) is 14.1. The third-order valence-electron chi connectivity index (χ3n) is 2.90. The maximum Gasteiger partial charge on any atom is 0.315 e. The lowest BCUT2D eigenvalue weighted by Gasteiger charge is -2.09. The number of fused-ring (bicyclic) bond motifs is 1. The summed E-state index contributed by atoms with van der Waals surface area (Å²) in [4.78, 5) is 10.6. The summed E-state index contributed by atoms with van der Waals surface area (Å²) in [6.07, 6.45) is 0. The summed E-state index contributed by atoms with van der Waals surface area (Å²) in [5.41, 5.74) is 6.59. The number of nitrogens with zero attached hydrogens (tertiary/aromatic N) is 1. The molecule has 102 valence electrons. The second kappa shape index (κ2) is 4.61. The second-order valence-corrected chi connectivity index (χ2v) is 4.19. The summed E-state index contributed by atoms with van der Waals surface area (Å²) in [6, 6.07) is 9.94. The summed E-state index contributed by atoms with van der Waals surface area (Å²) in [7, 11) is 0. The minimum absolute atomic E-state index is 0.112. The molecule has 0 saturated heterocycles. The highest BCUT2D eigenvalue weighted by atomic mass is 16.7. The average molecular weight is 273 g/mol. The van der Waals surface area contributed by atoms with Crippen molar-refractivity contribution >= 4 is 22.7 Å². The second-order valence-electron chi connectivity index (χ2n) is 4.19. The van der Waals surface area contributed by atoms with Crippen LogP contribution in [0.25, 0.3) is 0 Å². The molecule has 0 aliphatic carbocycles. The number of anilines is 3. The van der Waals surface area contributed by atoms with E-state index in [2.05, 4.69) is 5.32 Å². The van der Waals surface area contributed by atoms with Gasteiger partial charge in [0, 0.05) is 11.8 Å². The predicted octanol–water partition coefficient (Wildman–Crippen LogP) is 2.65. The monoisotopic (exact) mass is 273 g/mol. The summed E-state index contributed by atoms with van der Waals surface area (Å²) < 4.78 is 10.5. The molecule has 0 amide bonds. The van der Waals surface area contributed by atoms with E-state index < -0.39 is 4.92 Å². The average Bonchev–Trinajstić information content (AvgIpc) is 2.85. The first-order valence-corrected chi connectivity index (χ1v) is 5.85. The third kappa shape index (κ3) is 2.05. The lowest BCUT2D eigenvalue weighted by Crippen LogP contribution is -2.00. The van der Waals surface area contributed by atoms with Gasteiger partial charge in [-0.2, -0.15) is 0 Å². The number of ether oxygens (including phenoxy) is 2. The van der Waals surface area contributed by atoms with Gasteiger partial charge in [0.2, 0.25) is 6.79 Å². The molecule has 0 saturated carbocycles. The Hall–Kier alpha value is -2.96. The number of nitrogen functional groups attached to an aromatic ring is 1. The summed E-state index contributed by atoms with van der Waals surface area (Å²) in [5.74, 6) is 1.25. The number of nitrogens with two attached hydrogens (primary N) is 1. The molecule has 0 radical (unpaired) electrons. The number of rotatable bonds is 3. The van der Waals surface area contributed by atoms with Crippen LogP contribution in [0.15, 0.2) is 36.4 Å². The van der Waals surface area contributed by atoms with Gasteiger partial charge in [-0.05, 0) is 24.3 Å². The first kappa shape index (κ1) is 12.1. The van der Waals surface area contributed by atoms with Gasteiger partial charge in [-0.15, -0.1) is 0 Å². The van der Waals surface area contributed by atoms with Gasteiger partial charge in [-0.3, -0.25) is 10.1 Å². The van der Waals surface area contributed by atoms with Crippen LogP contribution in [0.4, 0.5) is 22.7 Å². The van der Waals surface area contributed by atoms with Crippen molar-refractivity contribution in [3.8, 4) is 11.5 Å². The molecule has 20 heavy (non-hydrogen) atoms. The summed E-state index contributed by atoms with van der Waals surface area (Å²) in [5, 5.41) is 14.0. The predicted molar refractivity (Wildman–Crippen MR) is 73.4 cm³/mol. The molecule has 0 fully saturated rings. The molecule has 0 spiro atoms. The maximum atomic E-state index is 11.1. The Kier molecular flexibility index (Phi) is 2.79. The van der Waals surface area contributed by atoms with Gasteiger partial charge in [-0.1, -0.05) is 6.07 Å². The van der Waals surface area contributed by atoms with E-state index in [1.165, 1.54) is 6.07 Å². The zero-order valence-corrected chi connectivity index (χ0v) is 10.3. The van der Waals surface area contributed by atoms with Gasteiger partial charge in [0.15, 0.2) is 11.5 Å². The Morgan fingerprint density at radius 2 is 2.00 bits per heavy atom. The van der Waals surface area contributed by atoms with Gasteiger partial charge in [0.05, 0.1) is 4.92 Å². The van der Waals surface area contributed by atoms with E-state index in [0.29, 0.717) is 22.9 Å². The van der Waals surface area contributed by atoms with Crippen molar-refractivity contribution in [1.29, 1.82) is 0 Å². The van der Waals surface area contributed by atoms with Gasteiger partial charge in [0.25, 0.3) is 0 Å². The number of nitrogens with one attached hydrogen (secondary N) is 1. The van der Waals surface area contributed by atoms with E-state index in [4.69, 9.17) is 15.2 Å². The molecule has 1 aliphatic heterocycles. The Morgan fingerprint density at radius 3 is 2.80 bits per heavy atom. The fraction of sp³-hybridized carbons (Fsp3) is 0.0769. The van der Waals surface area contributed by atoms with Crippen molar-refractivity contribution in [2.45, 2.75) is 0 Å². The lowest BCUT2D eigenvalue weighted by molar-refractivity contribution is -0.383. The van der Waals surface area contributed by atoms with Crippen molar-refractivity contribution in [3.63, 3.8) is 0 Å². The van der Waals surface area contributed by atoms with Crippen molar-refractivity contribution < 1.29 is 14.4 Å². The van der Waals surface area contributed by atoms with Crippen molar-refractivity contribution in [2.24, 2.45) is 0 Å². The van der Waals surface area contributed by atoms with Crippen LogP contribution in [0.1, 0.15) is 0 Å². The zero-order valence-electron chi connectivity index (χ0n) is 10.3. The Morgan fingerprint density at radius 1 is 1.20 bits per heavy atom. The number of hydrogen-bond donors (Lipinski definition) is 2. The quantitative estimate of drug-likeness (QED) is 0.506. The topological polar surface area (TPSA) is 99.7 Å². The number of benzene rings is 2. The number of para-hydroxylation sites is 1. The molecule has 0 atom stereocenters. The molecule has 1 aliphatic rings. The maximum absolute atomic E-state index is 11.1. The standard InChI is InChI=1S/C13H11N3O4/c14-9-2-1-3-10(13(9)16(17)18)15-8-4-5-11-12(6-8)20-7-19-11/h1-6,15H,7,14H2. The number of nitro groups is 1. The summed E-state index contributed by atoms with van der Waals surface area (Å²) in [6.45, 7) is 0.178. The van der Waals surface area contributed by atoms with E-state index in [-0.39, 0.29) is 18.2 Å². The molecule has 0 unspecified atom stereocenters. The van der Waals surface area contributed by atoms with Gasteiger partial charge < -0.3 is 20.5 Å². The van der Waals surface area contributed by atoms with Crippen LogP contribution in [0.3, 0.4) is 0 Å². The molecular weight excluding hydrogens is 262 g/mol. The molecule has 2 aromatic carbocycles. The van der Waals surface area contributed by atoms with E-state index in [9.17, 15) is 10.1 Å². The van der Waals surface area contributed by atoms with Crippen LogP contribution in [-0.2, 0) is 0 Å². The van der Waals surface area contributed by atoms with Gasteiger partial charge in [0.1, 0.15) is 11.4 Å². The van der Waals surface area contributed by atoms with Crippen LogP contribution in [0.5, 0.6) is 11.5 Å². The fourth-order valence-corrected chi connectivity index (χ4v) is 2.00. The van der Waals surface area contributed by atoms with E-state index >= 15 is 0 Å². The minimum Gasteiger partial charge on any atom is -0.454 e. The van der Waals surface area contributed by atoms with Crippen LogP contribution < -0.4 is 20.5 Å². The smallest absolute Gasteiger partial charge is 0.315 e. The first-order chi connectivity index (χ1) is 9.65. The molecule has 3 N–H and O–H groups in total. The van der Waals surface area contributed by atoms with Crippen molar-refractivity contribution in [3.05, 3.63) is 46.5 Å². The normalized spacial score (nSPS) is 12.2. The molecule has 1 heterocycles. The van der Waals surface area contributed by atoms with Crippen LogP contribution in [-0.4, -0.2) is 11.7 Å². The van der Waals surface area contributed by atoms with Crippen LogP contribution in [0, 0.1) is 10.1 Å². The van der Waals surface area contributed by atoms with Crippen LogP contribution >= 0.6 is 0 Å². The van der Waals surface area contributed by atoms with Crippen molar-refractivity contribution in [1.82, 2.24) is 0 Å². The van der Waals surface area contributed by atoms with E-state index in [1.54, 1.807) is 30.3 Å². The minimum atomic E-state index is -0.509. The molecule has 7 heteroatoms. The number of hydrogen-bond acceptors (Lipinski definition) is 6. The van der Waals surface area contributed by atoms with Crippen molar-refractivity contribution in [2.75, 3.05) is 17.8 Å². The first-order valence-electron chi connectivity index (χ1n) is 5.85. The Labute approximate surface area is 114 Å².